The minimum Gasteiger partial charge on any atom is -0.508 e. The maximum Gasteiger partial charge on any atom is 0.201 e. The van der Waals surface area contributed by atoms with Gasteiger partial charge in [0.25, 0.3) is 0 Å². The van der Waals surface area contributed by atoms with E-state index in [4.69, 9.17) is 4.42 Å². The summed E-state index contributed by atoms with van der Waals surface area (Å²) < 4.78 is 7.53. The van der Waals surface area contributed by atoms with Crippen molar-refractivity contribution >= 4 is 11.0 Å². The fourth-order valence-corrected chi connectivity index (χ4v) is 3.12. The van der Waals surface area contributed by atoms with E-state index >= 15 is 0 Å². The second-order valence-electron chi connectivity index (χ2n) is 6.01. The molecule has 0 aliphatic rings. The molecule has 124 valence electrons. The summed E-state index contributed by atoms with van der Waals surface area (Å²) in [4.78, 5) is 13.0. The molecule has 4 rings (SSSR count). The molecule has 0 unspecified atom stereocenters. The summed E-state index contributed by atoms with van der Waals surface area (Å²) in [5.74, 6) is 0.576. The van der Waals surface area contributed by atoms with Crippen molar-refractivity contribution in [1.82, 2.24) is 9.78 Å². The highest BCUT2D eigenvalue weighted by Crippen LogP contribution is 2.28. The van der Waals surface area contributed by atoms with Crippen LogP contribution in [0.3, 0.4) is 0 Å². The predicted octanol–water partition coefficient (Wildman–Crippen LogP) is 3.97. The zero-order valence-electron chi connectivity index (χ0n) is 13.9. The molecule has 0 atom stereocenters. The first-order valence-electron chi connectivity index (χ1n) is 7.92. The lowest BCUT2D eigenvalue weighted by atomic mass is 10.0. The molecular weight excluding hydrogens is 316 g/mol. The Balaban J connectivity index is 1.93. The Morgan fingerprint density at radius 3 is 2.64 bits per heavy atom. The Morgan fingerprint density at radius 1 is 1.12 bits per heavy atom. The van der Waals surface area contributed by atoms with Gasteiger partial charge in [-0.05, 0) is 37.6 Å². The molecule has 0 bridgehead atoms. The average molecular weight is 332 g/mol. The van der Waals surface area contributed by atoms with Crippen LogP contribution in [0.5, 0.6) is 5.75 Å². The molecule has 0 aliphatic heterocycles. The first-order valence-corrected chi connectivity index (χ1v) is 7.92. The minimum atomic E-state index is -0.121. The van der Waals surface area contributed by atoms with E-state index in [0.717, 1.165) is 5.69 Å². The molecule has 1 N–H and O–H groups in total. The molecule has 2 aromatic carbocycles. The van der Waals surface area contributed by atoms with Gasteiger partial charge in [0.15, 0.2) is 0 Å². The predicted molar refractivity (Wildman–Crippen MR) is 96.2 cm³/mol. The molecule has 0 amide bonds. The van der Waals surface area contributed by atoms with Crippen molar-refractivity contribution in [3.05, 3.63) is 76.4 Å². The Morgan fingerprint density at radius 2 is 1.88 bits per heavy atom. The van der Waals surface area contributed by atoms with E-state index < -0.39 is 0 Å². The van der Waals surface area contributed by atoms with Crippen molar-refractivity contribution in [2.45, 2.75) is 13.8 Å². The molecule has 0 saturated heterocycles. The molecule has 0 saturated carbocycles. The van der Waals surface area contributed by atoms with Gasteiger partial charge >= 0.3 is 0 Å². The first-order chi connectivity index (χ1) is 12.0. The van der Waals surface area contributed by atoms with Gasteiger partial charge < -0.3 is 9.52 Å². The van der Waals surface area contributed by atoms with Gasteiger partial charge in [0.2, 0.25) is 5.43 Å². The number of hydrogen-bond donors (Lipinski definition) is 1. The van der Waals surface area contributed by atoms with Crippen molar-refractivity contribution in [1.29, 1.82) is 0 Å². The Hall–Kier alpha value is -3.34. The van der Waals surface area contributed by atoms with Gasteiger partial charge in [-0.25, -0.2) is 4.68 Å². The molecule has 0 fully saturated rings. The molecular formula is C20H16N2O3. The molecule has 4 aromatic rings. The van der Waals surface area contributed by atoms with E-state index in [1.54, 1.807) is 30.8 Å². The zero-order valence-corrected chi connectivity index (χ0v) is 13.9. The maximum absolute atomic E-state index is 13.0. The van der Waals surface area contributed by atoms with Crippen LogP contribution in [-0.4, -0.2) is 14.9 Å². The molecule has 0 aliphatic carbocycles. The summed E-state index contributed by atoms with van der Waals surface area (Å²) >= 11 is 0. The second kappa shape index (κ2) is 5.63. The Bertz CT molecular complexity index is 1140. The lowest BCUT2D eigenvalue weighted by Gasteiger charge is -2.07. The summed E-state index contributed by atoms with van der Waals surface area (Å²) in [6, 6.07) is 12.7. The van der Waals surface area contributed by atoms with E-state index in [1.165, 1.54) is 6.07 Å². The third-order valence-corrected chi connectivity index (χ3v) is 4.25. The first kappa shape index (κ1) is 15.2. The molecule has 5 nitrogen and oxygen atoms in total. The van der Waals surface area contributed by atoms with E-state index in [2.05, 4.69) is 5.10 Å². The van der Waals surface area contributed by atoms with Crippen LogP contribution in [0.1, 0.15) is 11.3 Å². The van der Waals surface area contributed by atoms with Crippen LogP contribution in [0.4, 0.5) is 0 Å². The number of phenolic OH excluding ortho intramolecular Hbond substituents is 1. The number of aromatic hydroxyl groups is 1. The number of fused-ring (bicyclic) bond motifs is 1. The summed E-state index contributed by atoms with van der Waals surface area (Å²) in [7, 11) is 0. The van der Waals surface area contributed by atoms with E-state index in [9.17, 15) is 9.90 Å². The number of benzene rings is 2. The highest BCUT2D eigenvalue weighted by atomic mass is 16.3. The fourth-order valence-electron chi connectivity index (χ4n) is 3.12. The fraction of sp³-hybridized carbons (Fsp3) is 0.100. The maximum atomic E-state index is 13.0. The number of phenols is 1. The molecule has 0 radical (unpaired) electrons. The van der Waals surface area contributed by atoms with Crippen LogP contribution in [0.2, 0.25) is 0 Å². The summed E-state index contributed by atoms with van der Waals surface area (Å²) in [5, 5.41) is 14.6. The monoisotopic (exact) mass is 332 g/mol. The molecule has 2 aromatic heterocycles. The standard InChI is InChI=1S/C20H16N2O3/c1-12-8-16(23)9-17-18(12)20(24)19(13(2)25-17)14-10-21-22(11-14)15-6-4-3-5-7-15/h3-11,23H,1-2H3. The van der Waals surface area contributed by atoms with E-state index in [-0.39, 0.29) is 11.2 Å². The molecule has 0 spiro atoms. The van der Waals surface area contributed by atoms with Crippen LogP contribution in [0.15, 0.2) is 64.1 Å². The molecule has 5 heteroatoms. The normalized spacial score (nSPS) is 11.1. The summed E-state index contributed by atoms with van der Waals surface area (Å²) in [5.41, 5.74) is 3.05. The number of hydrogen-bond acceptors (Lipinski definition) is 4. The highest BCUT2D eigenvalue weighted by Gasteiger charge is 2.17. The van der Waals surface area contributed by atoms with Gasteiger partial charge in [-0.1, -0.05) is 18.2 Å². The third-order valence-electron chi connectivity index (χ3n) is 4.25. The van der Waals surface area contributed by atoms with Crippen molar-refractivity contribution < 1.29 is 9.52 Å². The topological polar surface area (TPSA) is 68.3 Å². The van der Waals surface area contributed by atoms with Crippen molar-refractivity contribution in [2.75, 3.05) is 0 Å². The number of aryl methyl sites for hydroxylation is 2. The largest absolute Gasteiger partial charge is 0.508 e. The summed E-state index contributed by atoms with van der Waals surface area (Å²) in [6.07, 6.45) is 3.48. The van der Waals surface area contributed by atoms with Gasteiger partial charge in [-0.2, -0.15) is 5.10 Å². The third kappa shape index (κ3) is 2.50. The Kier molecular flexibility index (Phi) is 3.42. The quantitative estimate of drug-likeness (QED) is 0.603. The van der Waals surface area contributed by atoms with Crippen LogP contribution < -0.4 is 5.43 Å². The van der Waals surface area contributed by atoms with E-state index in [0.29, 0.717) is 33.4 Å². The number of rotatable bonds is 2. The number of nitrogens with zero attached hydrogens (tertiary/aromatic N) is 2. The van der Waals surface area contributed by atoms with Crippen LogP contribution in [0.25, 0.3) is 27.8 Å². The van der Waals surface area contributed by atoms with Gasteiger partial charge in [-0.3, -0.25) is 4.79 Å². The summed E-state index contributed by atoms with van der Waals surface area (Å²) in [6.45, 7) is 3.53. The van der Waals surface area contributed by atoms with Crippen LogP contribution in [-0.2, 0) is 0 Å². The lowest BCUT2D eigenvalue weighted by molar-refractivity contribution is 0.473. The van der Waals surface area contributed by atoms with Gasteiger partial charge in [0, 0.05) is 17.8 Å². The van der Waals surface area contributed by atoms with Crippen LogP contribution >= 0.6 is 0 Å². The molecule has 25 heavy (non-hydrogen) atoms. The van der Waals surface area contributed by atoms with Crippen molar-refractivity contribution in [3.8, 4) is 22.6 Å². The molecule has 2 heterocycles. The Labute approximate surface area is 143 Å². The SMILES string of the molecule is Cc1oc2cc(O)cc(C)c2c(=O)c1-c1cnn(-c2ccccc2)c1. The van der Waals surface area contributed by atoms with Gasteiger partial charge in [0.1, 0.15) is 17.1 Å². The minimum absolute atomic E-state index is 0.0807. The second-order valence-corrected chi connectivity index (χ2v) is 6.01. The smallest absolute Gasteiger partial charge is 0.201 e. The number of para-hydroxylation sites is 1. The zero-order chi connectivity index (χ0) is 17.6. The van der Waals surface area contributed by atoms with E-state index in [1.807, 2.05) is 36.5 Å². The van der Waals surface area contributed by atoms with Gasteiger partial charge in [0.05, 0.1) is 22.8 Å². The average Bonchev–Trinajstić information content (AvgIpc) is 3.04. The number of aromatic nitrogens is 2. The van der Waals surface area contributed by atoms with Crippen molar-refractivity contribution in [3.63, 3.8) is 0 Å². The lowest BCUT2D eigenvalue weighted by Crippen LogP contribution is -2.08. The van der Waals surface area contributed by atoms with Crippen molar-refractivity contribution in [2.24, 2.45) is 0 Å². The van der Waals surface area contributed by atoms with Crippen LogP contribution in [0, 0.1) is 13.8 Å². The van der Waals surface area contributed by atoms with Gasteiger partial charge in [-0.15, -0.1) is 0 Å². The highest BCUT2D eigenvalue weighted by molar-refractivity contribution is 5.86.